The van der Waals surface area contributed by atoms with E-state index in [4.69, 9.17) is 9.47 Å². The van der Waals surface area contributed by atoms with Gasteiger partial charge in [-0.2, -0.15) is 0 Å². The van der Waals surface area contributed by atoms with Crippen molar-refractivity contribution in [2.24, 2.45) is 0 Å². The fraction of sp³-hybridized carbons (Fsp3) is 0.450. The number of methoxy groups -OCH3 is 2. The first kappa shape index (κ1) is 20.2. The highest BCUT2D eigenvalue weighted by atomic mass is 79.9. The van der Waals surface area contributed by atoms with Crippen LogP contribution in [-0.4, -0.2) is 42.8 Å². The molecule has 2 heterocycles. The molecule has 27 heavy (non-hydrogen) atoms. The molecule has 1 aliphatic heterocycles. The van der Waals surface area contributed by atoms with E-state index in [0.717, 1.165) is 34.3 Å². The lowest BCUT2D eigenvalue weighted by Crippen LogP contribution is -2.46. The monoisotopic (exact) mass is 453 g/mol. The molecule has 1 aliphatic rings. The van der Waals surface area contributed by atoms with Crippen molar-refractivity contribution in [1.82, 2.24) is 4.90 Å². The molecule has 7 heteroatoms. The maximum atomic E-state index is 12.0. The molecule has 146 valence electrons. The van der Waals surface area contributed by atoms with E-state index in [1.807, 2.05) is 12.1 Å². The van der Waals surface area contributed by atoms with Crippen LogP contribution in [0.25, 0.3) is 0 Å². The first-order valence-corrected chi connectivity index (χ1v) is 10.5. The SMILES string of the molecule is COc1cc(Br)c(C(c2ccc(C)s2)N2CCCCC2C(=O)O)cc1OC. The van der Waals surface area contributed by atoms with Crippen LogP contribution in [0.5, 0.6) is 11.5 Å². The van der Waals surface area contributed by atoms with Crippen LogP contribution >= 0.6 is 27.3 Å². The molecule has 2 unspecified atom stereocenters. The number of hydrogen-bond acceptors (Lipinski definition) is 5. The normalized spacial score (nSPS) is 18.9. The standard InChI is InChI=1S/C20H24BrNO4S/c1-12-7-8-18(27-12)19(22-9-5-4-6-15(22)20(23)24)13-10-16(25-2)17(26-3)11-14(13)21/h7-8,10-11,15,19H,4-6,9H2,1-3H3,(H,23,24). The lowest BCUT2D eigenvalue weighted by Gasteiger charge is -2.39. The molecule has 1 aromatic heterocycles. The van der Waals surface area contributed by atoms with Crippen LogP contribution in [0, 0.1) is 6.92 Å². The van der Waals surface area contributed by atoms with E-state index >= 15 is 0 Å². The summed E-state index contributed by atoms with van der Waals surface area (Å²) in [6.45, 7) is 2.82. The molecule has 2 atom stereocenters. The van der Waals surface area contributed by atoms with Gasteiger partial charge in [-0.25, -0.2) is 0 Å². The number of hydrogen-bond donors (Lipinski definition) is 1. The molecular formula is C20H24BrNO4S. The van der Waals surface area contributed by atoms with Gasteiger partial charge in [0.2, 0.25) is 0 Å². The van der Waals surface area contributed by atoms with Crippen molar-refractivity contribution in [1.29, 1.82) is 0 Å². The first-order chi connectivity index (χ1) is 13.0. The van der Waals surface area contributed by atoms with Gasteiger partial charge in [0, 0.05) is 14.2 Å². The molecule has 0 aliphatic carbocycles. The van der Waals surface area contributed by atoms with Crippen LogP contribution in [-0.2, 0) is 4.79 Å². The molecule has 1 fully saturated rings. The van der Waals surface area contributed by atoms with E-state index in [1.165, 1.54) is 4.88 Å². The Morgan fingerprint density at radius 1 is 1.26 bits per heavy atom. The van der Waals surface area contributed by atoms with E-state index in [1.54, 1.807) is 25.6 Å². The van der Waals surface area contributed by atoms with Crippen LogP contribution < -0.4 is 9.47 Å². The van der Waals surface area contributed by atoms with Crippen LogP contribution in [0.4, 0.5) is 0 Å². The van der Waals surface area contributed by atoms with Crippen LogP contribution in [0.1, 0.15) is 40.6 Å². The van der Waals surface area contributed by atoms with E-state index in [-0.39, 0.29) is 6.04 Å². The van der Waals surface area contributed by atoms with Crippen molar-refractivity contribution < 1.29 is 19.4 Å². The second-order valence-electron chi connectivity index (χ2n) is 6.67. The average Bonchev–Trinajstić information content (AvgIpc) is 3.09. The van der Waals surface area contributed by atoms with Crippen molar-refractivity contribution in [3.05, 3.63) is 44.1 Å². The molecule has 1 saturated heterocycles. The number of carboxylic acid groups (broad SMARTS) is 1. The molecule has 1 N–H and O–H groups in total. The summed E-state index contributed by atoms with van der Waals surface area (Å²) in [6, 6.07) is 7.38. The number of carbonyl (C=O) groups is 1. The zero-order chi connectivity index (χ0) is 19.6. The molecule has 0 amide bonds. The Kier molecular flexibility index (Phi) is 6.44. The topological polar surface area (TPSA) is 59.0 Å². The predicted octanol–water partition coefficient (Wildman–Crippen LogP) is 4.86. The summed E-state index contributed by atoms with van der Waals surface area (Å²) in [4.78, 5) is 16.4. The molecule has 0 bridgehead atoms. The highest BCUT2D eigenvalue weighted by Gasteiger charge is 2.37. The fourth-order valence-electron chi connectivity index (χ4n) is 3.70. The number of nitrogens with zero attached hydrogens (tertiary/aromatic N) is 1. The van der Waals surface area contributed by atoms with Gasteiger partial charge in [-0.1, -0.05) is 22.4 Å². The van der Waals surface area contributed by atoms with Crippen LogP contribution in [0.3, 0.4) is 0 Å². The van der Waals surface area contributed by atoms with Crippen LogP contribution in [0.15, 0.2) is 28.7 Å². The second kappa shape index (κ2) is 8.63. The van der Waals surface area contributed by atoms with Gasteiger partial charge in [-0.05, 0) is 56.1 Å². The van der Waals surface area contributed by atoms with Gasteiger partial charge < -0.3 is 14.6 Å². The van der Waals surface area contributed by atoms with Gasteiger partial charge in [0.1, 0.15) is 6.04 Å². The smallest absolute Gasteiger partial charge is 0.320 e. The first-order valence-electron chi connectivity index (χ1n) is 8.92. The highest BCUT2D eigenvalue weighted by Crippen LogP contribution is 2.43. The third kappa shape index (κ3) is 4.15. The van der Waals surface area contributed by atoms with Crippen molar-refractivity contribution in [2.45, 2.75) is 38.3 Å². The molecule has 0 spiro atoms. The number of likely N-dealkylation sites (tertiary alicyclic amines) is 1. The summed E-state index contributed by atoms with van der Waals surface area (Å²) in [6.07, 6.45) is 2.60. The number of thiophene rings is 1. The summed E-state index contributed by atoms with van der Waals surface area (Å²) in [5, 5.41) is 9.81. The molecule has 3 rings (SSSR count). The number of benzene rings is 1. The predicted molar refractivity (Wildman–Crippen MR) is 110 cm³/mol. The minimum Gasteiger partial charge on any atom is -0.493 e. The summed E-state index contributed by atoms with van der Waals surface area (Å²) in [7, 11) is 3.22. The molecule has 0 radical (unpaired) electrons. The van der Waals surface area contributed by atoms with Crippen molar-refractivity contribution in [3.63, 3.8) is 0 Å². The quantitative estimate of drug-likeness (QED) is 0.676. The molecule has 2 aromatic rings. The maximum absolute atomic E-state index is 12.0. The highest BCUT2D eigenvalue weighted by molar-refractivity contribution is 9.10. The minimum absolute atomic E-state index is 0.153. The minimum atomic E-state index is -0.760. The molecule has 0 saturated carbocycles. The maximum Gasteiger partial charge on any atom is 0.320 e. The number of ether oxygens (including phenoxy) is 2. The molecule has 5 nitrogen and oxygen atoms in total. The average molecular weight is 454 g/mol. The van der Waals surface area contributed by atoms with Gasteiger partial charge in [0.05, 0.1) is 20.3 Å². The van der Waals surface area contributed by atoms with E-state index in [9.17, 15) is 9.90 Å². The second-order valence-corrected chi connectivity index (χ2v) is 8.84. The summed E-state index contributed by atoms with van der Waals surface area (Å²) < 4.78 is 11.8. The van der Waals surface area contributed by atoms with Gasteiger partial charge in [0.15, 0.2) is 11.5 Å². The third-order valence-corrected chi connectivity index (χ3v) is 6.73. The largest absolute Gasteiger partial charge is 0.493 e. The number of aliphatic carboxylic acids is 1. The van der Waals surface area contributed by atoms with Gasteiger partial charge in [0.25, 0.3) is 0 Å². The third-order valence-electron chi connectivity index (χ3n) is 4.99. The zero-order valence-corrected chi connectivity index (χ0v) is 18.1. The van der Waals surface area contributed by atoms with E-state index in [2.05, 4.69) is 39.9 Å². The number of piperidine rings is 1. The van der Waals surface area contributed by atoms with Gasteiger partial charge >= 0.3 is 5.97 Å². The molecular weight excluding hydrogens is 430 g/mol. The van der Waals surface area contributed by atoms with E-state index < -0.39 is 12.0 Å². The Hall–Kier alpha value is -1.57. The number of carboxylic acids is 1. The van der Waals surface area contributed by atoms with Crippen molar-refractivity contribution >= 4 is 33.2 Å². The lowest BCUT2D eigenvalue weighted by molar-refractivity contribution is -0.145. The fourth-order valence-corrected chi connectivity index (χ4v) is 5.26. The van der Waals surface area contributed by atoms with Crippen molar-refractivity contribution in [3.8, 4) is 11.5 Å². The van der Waals surface area contributed by atoms with Crippen LogP contribution in [0.2, 0.25) is 0 Å². The van der Waals surface area contributed by atoms with Crippen molar-refractivity contribution in [2.75, 3.05) is 20.8 Å². The Morgan fingerprint density at radius 2 is 1.96 bits per heavy atom. The Morgan fingerprint density at radius 3 is 2.56 bits per heavy atom. The molecule has 1 aromatic carbocycles. The summed E-state index contributed by atoms with van der Waals surface area (Å²) in [5.41, 5.74) is 0.989. The zero-order valence-electron chi connectivity index (χ0n) is 15.7. The summed E-state index contributed by atoms with van der Waals surface area (Å²) in [5.74, 6) is 0.519. The Labute approximate surface area is 172 Å². The summed E-state index contributed by atoms with van der Waals surface area (Å²) >= 11 is 5.38. The number of rotatable bonds is 6. The number of halogens is 1. The van der Waals surface area contributed by atoms with E-state index in [0.29, 0.717) is 17.9 Å². The Bertz CT molecular complexity index is 822. The van der Waals surface area contributed by atoms with Gasteiger partial charge in [-0.3, -0.25) is 9.69 Å². The van der Waals surface area contributed by atoms with Gasteiger partial charge in [-0.15, -0.1) is 11.3 Å². The Balaban J connectivity index is 2.15. The number of aryl methyl sites for hydroxylation is 1. The lowest BCUT2D eigenvalue weighted by atomic mass is 9.95.